The lowest BCUT2D eigenvalue weighted by Crippen LogP contribution is -2.22. The molecule has 1 fully saturated rings. The van der Waals surface area contributed by atoms with Gasteiger partial charge in [-0.2, -0.15) is 0 Å². The van der Waals surface area contributed by atoms with E-state index in [1.54, 1.807) is 0 Å². The third-order valence-electron chi connectivity index (χ3n) is 2.95. The van der Waals surface area contributed by atoms with E-state index in [1.165, 1.54) is 0 Å². The standard InChI is InChI=1S/C15H17NO/c1-10(2)14-13(11(3)16-15(14)17)9-12-7-5-4-6-8-12/h4-9,11H,1-3H3,(H,16,17)/b13-9+. The largest absolute Gasteiger partial charge is 0.345 e. The van der Waals surface area contributed by atoms with E-state index >= 15 is 0 Å². The minimum absolute atomic E-state index is 0.0414. The van der Waals surface area contributed by atoms with Crippen molar-refractivity contribution in [3.8, 4) is 0 Å². The molecule has 1 heterocycles. The highest BCUT2D eigenvalue weighted by atomic mass is 16.2. The van der Waals surface area contributed by atoms with E-state index < -0.39 is 0 Å². The topological polar surface area (TPSA) is 29.1 Å². The summed E-state index contributed by atoms with van der Waals surface area (Å²) in [6, 6.07) is 10.2. The van der Waals surface area contributed by atoms with Crippen LogP contribution in [0.25, 0.3) is 6.08 Å². The van der Waals surface area contributed by atoms with Crippen LogP contribution in [0.5, 0.6) is 0 Å². The Morgan fingerprint density at radius 1 is 1.24 bits per heavy atom. The zero-order valence-corrected chi connectivity index (χ0v) is 10.4. The van der Waals surface area contributed by atoms with E-state index in [4.69, 9.17) is 0 Å². The van der Waals surface area contributed by atoms with E-state index in [2.05, 4.69) is 11.4 Å². The fraction of sp³-hybridized carbons (Fsp3) is 0.267. The minimum Gasteiger partial charge on any atom is -0.345 e. The first-order chi connectivity index (χ1) is 8.09. The highest BCUT2D eigenvalue weighted by molar-refractivity contribution is 6.04. The molecule has 1 atom stereocenters. The van der Waals surface area contributed by atoms with E-state index in [9.17, 15) is 4.79 Å². The van der Waals surface area contributed by atoms with Crippen LogP contribution < -0.4 is 5.32 Å². The molecule has 0 spiro atoms. The van der Waals surface area contributed by atoms with Crippen molar-refractivity contribution in [1.82, 2.24) is 5.32 Å². The number of hydrogen-bond acceptors (Lipinski definition) is 1. The Morgan fingerprint density at radius 3 is 2.47 bits per heavy atom. The van der Waals surface area contributed by atoms with Crippen LogP contribution in [-0.2, 0) is 4.79 Å². The quantitative estimate of drug-likeness (QED) is 0.734. The van der Waals surface area contributed by atoms with Crippen molar-refractivity contribution in [3.63, 3.8) is 0 Å². The molecule has 1 aliphatic rings. The number of allylic oxidation sites excluding steroid dienone is 1. The van der Waals surface area contributed by atoms with Crippen LogP contribution in [0.3, 0.4) is 0 Å². The second kappa shape index (κ2) is 4.58. The molecule has 88 valence electrons. The van der Waals surface area contributed by atoms with Crippen LogP contribution in [0.4, 0.5) is 0 Å². The van der Waals surface area contributed by atoms with Gasteiger partial charge in [0.25, 0.3) is 5.91 Å². The molecule has 0 saturated carbocycles. The van der Waals surface area contributed by atoms with Gasteiger partial charge in [0.15, 0.2) is 0 Å². The smallest absolute Gasteiger partial charge is 0.252 e. The van der Waals surface area contributed by atoms with Crippen LogP contribution in [0.1, 0.15) is 26.3 Å². The first-order valence-electron chi connectivity index (χ1n) is 5.85. The zero-order chi connectivity index (χ0) is 12.4. The molecular weight excluding hydrogens is 210 g/mol. The summed E-state index contributed by atoms with van der Waals surface area (Å²) >= 11 is 0. The molecule has 0 radical (unpaired) electrons. The lowest BCUT2D eigenvalue weighted by atomic mass is 9.98. The summed E-state index contributed by atoms with van der Waals surface area (Å²) in [5.41, 5.74) is 4.11. The fourth-order valence-electron chi connectivity index (χ4n) is 2.14. The predicted molar refractivity (Wildman–Crippen MR) is 70.4 cm³/mol. The van der Waals surface area contributed by atoms with Crippen LogP contribution >= 0.6 is 0 Å². The number of benzene rings is 1. The average Bonchev–Trinajstić information content (AvgIpc) is 2.55. The average molecular weight is 227 g/mol. The monoisotopic (exact) mass is 227 g/mol. The van der Waals surface area contributed by atoms with Crippen molar-refractivity contribution in [1.29, 1.82) is 0 Å². The Kier molecular flexibility index (Phi) is 3.14. The molecule has 17 heavy (non-hydrogen) atoms. The molecule has 1 saturated heterocycles. The Labute approximate surface area is 102 Å². The van der Waals surface area contributed by atoms with Gasteiger partial charge in [0.2, 0.25) is 0 Å². The highest BCUT2D eigenvalue weighted by Gasteiger charge is 2.29. The van der Waals surface area contributed by atoms with Crippen molar-refractivity contribution in [2.75, 3.05) is 0 Å². The van der Waals surface area contributed by atoms with E-state index in [1.807, 2.05) is 51.1 Å². The molecule has 1 aliphatic heterocycles. The lowest BCUT2D eigenvalue weighted by Gasteiger charge is -2.06. The normalized spacial score (nSPS) is 21.8. The molecular formula is C15H17NO. The van der Waals surface area contributed by atoms with Crippen molar-refractivity contribution in [2.24, 2.45) is 0 Å². The Hall–Kier alpha value is -1.83. The Balaban J connectivity index is 2.47. The van der Waals surface area contributed by atoms with Crippen molar-refractivity contribution in [2.45, 2.75) is 26.8 Å². The van der Waals surface area contributed by atoms with Crippen molar-refractivity contribution < 1.29 is 4.79 Å². The molecule has 1 N–H and O–H groups in total. The predicted octanol–water partition coefficient (Wildman–Crippen LogP) is 2.92. The van der Waals surface area contributed by atoms with Crippen LogP contribution in [0, 0.1) is 0 Å². The SMILES string of the molecule is CC(C)=C1C(=O)NC(C)/C1=C\c1ccccc1. The number of amides is 1. The van der Waals surface area contributed by atoms with Gasteiger partial charge < -0.3 is 5.32 Å². The third-order valence-corrected chi connectivity index (χ3v) is 2.95. The van der Waals surface area contributed by atoms with Gasteiger partial charge >= 0.3 is 0 Å². The summed E-state index contributed by atoms with van der Waals surface area (Å²) < 4.78 is 0. The first kappa shape index (κ1) is 11.6. The van der Waals surface area contributed by atoms with Gasteiger partial charge in [-0.15, -0.1) is 0 Å². The van der Waals surface area contributed by atoms with Crippen LogP contribution in [0.15, 0.2) is 47.1 Å². The zero-order valence-electron chi connectivity index (χ0n) is 10.4. The molecule has 1 aromatic carbocycles. The molecule has 2 rings (SSSR count). The van der Waals surface area contributed by atoms with E-state index in [-0.39, 0.29) is 11.9 Å². The first-order valence-corrected chi connectivity index (χ1v) is 5.85. The molecule has 0 aliphatic carbocycles. The Bertz CT molecular complexity index is 493. The molecule has 1 amide bonds. The number of carbonyl (C=O) groups excluding carboxylic acids is 1. The maximum absolute atomic E-state index is 11.8. The van der Waals surface area contributed by atoms with Gasteiger partial charge in [0.1, 0.15) is 0 Å². The summed E-state index contributed by atoms with van der Waals surface area (Å²) in [4.78, 5) is 11.8. The van der Waals surface area contributed by atoms with Gasteiger partial charge in [0.05, 0.1) is 6.04 Å². The second-order valence-electron chi connectivity index (χ2n) is 4.58. The van der Waals surface area contributed by atoms with E-state index in [0.717, 1.165) is 22.3 Å². The highest BCUT2D eigenvalue weighted by Crippen LogP contribution is 2.26. The van der Waals surface area contributed by atoms with Gasteiger partial charge in [-0.1, -0.05) is 35.9 Å². The van der Waals surface area contributed by atoms with Gasteiger partial charge in [-0.3, -0.25) is 4.79 Å². The molecule has 0 aromatic heterocycles. The number of hydrogen-bond donors (Lipinski definition) is 1. The molecule has 1 unspecified atom stereocenters. The minimum atomic E-state index is 0.0414. The lowest BCUT2D eigenvalue weighted by molar-refractivity contribution is -0.116. The number of carbonyl (C=O) groups is 1. The number of rotatable bonds is 1. The summed E-state index contributed by atoms with van der Waals surface area (Å²) in [6.07, 6.45) is 2.09. The Morgan fingerprint density at radius 2 is 1.88 bits per heavy atom. The summed E-state index contributed by atoms with van der Waals surface area (Å²) in [5.74, 6) is 0.0414. The van der Waals surface area contributed by atoms with Crippen LogP contribution in [0.2, 0.25) is 0 Å². The molecule has 2 nitrogen and oxygen atoms in total. The van der Waals surface area contributed by atoms with Crippen molar-refractivity contribution in [3.05, 3.63) is 52.6 Å². The van der Waals surface area contributed by atoms with E-state index in [0.29, 0.717) is 0 Å². The maximum atomic E-state index is 11.8. The number of nitrogens with one attached hydrogen (secondary N) is 1. The van der Waals surface area contributed by atoms with Crippen molar-refractivity contribution >= 4 is 12.0 Å². The van der Waals surface area contributed by atoms with Gasteiger partial charge in [0, 0.05) is 5.57 Å². The third kappa shape index (κ3) is 2.31. The maximum Gasteiger partial charge on any atom is 0.252 e. The van der Waals surface area contributed by atoms with Gasteiger partial charge in [-0.25, -0.2) is 0 Å². The van der Waals surface area contributed by atoms with Gasteiger partial charge in [-0.05, 0) is 38.0 Å². The van der Waals surface area contributed by atoms with Crippen LogP contribution in [-0.4, -0.2) is 11.9 Å². The fourth-order valence-corrected chi connectivity index (χ4v) is 2.14. The second-order valence-corrected chi connectivity index (χ2v) is 4.58. The molecule has 0 bridgehead atoms. The molecule has 2 heteroatoms. The molecule has 1 aromatic rings. The summed E-state index contributed by atoms with van der Waals surface area (Å²) in [7, 11) is 0. The summed E-state index contributed by atoms with van der Waals surface area (Å²) in [5, 5.41) is 2.95. The summed E-state index contributed by atoms with van der Waals surface area (Å²) in [6.45, 7) is 5.97.